The fraction of sp³-hybridized carbons (Fsp3) is 0.846. The number of rotatable bonds is 6. The van der Waals surface area contributed by atoms with Crippen LogP contribution in [0.25, 0.3) is 0 Å². The molecule has 18 heavy (non-hydrogen) atoms. The third kappa shape index (κ3) is 4.64. The van der Waals surface area contributed by atoms with E-state index in [0.29, 0.717) is 0 Å². The van der Waals surface area contributed by atoms with Crippen molar-refractivity contribution in [3.8, 4) is 0 Å². The van der Waals surface area contributed by atoms with Crippen LogP contribution in [0.2, 0.25) is 0 Å². The third-order valence-electron chi connectivity index (χ3n) is 3.41. The van der Waals surface area contributed by atoms with E-state index in [1.165, 1.54) is 0 Å². The average molecular weight is 255 g/mol. The molecule has 1 fully saturated rings. The van der Waals surface area contributed by atoms with Gasteiger partial charge in [-0.2, -0.15) is 0 Å². The quantitative estimate of drug-likeness (QED) is 0.726. The average Bonchev–Trinajstić information content (AvgIpc) is 2.88. The van der Waals surface area contributed by atoms with Crippen LogP contribution in [0.3, 0.4) is 0 Å². The van der Waals surface area contributed by atoms with Crippen LogP contribution in [0.15, 0.2) is 0 Å². The second kappa shape index (κ2) is 7.36. The van der Waals surface area contributed by atoms with Crippen LogP contribution in [0, 0.1) is 0 Å². The van der Waals surface area contributed by atoms with Crippen molar-refractivity contribution in [1.82, 2.24) is 15.5 Å². The molecule has 2 atom stereocenters. The van der Waals surface area contributed by atoms with E-state index in [0.717, 1.165) is 32.4 Å². The highest BCUT2D eigenvalue weighted by Gasteiger charge is 2.20. The Morgan fingerprint density at radius 3 is 2.39 bits per heavy atom. The van der Waals surface area contributed by atoms with E-state index in [1.54, 1.807) is 6.92 Å². The van der Waals surface area contributed by atoms with Crippen LogP contribution in [0.5, 0.6) is 0 Å². The van der Waals surface area contributed by atoms with Gasteiger partial charge in [0, 0.05) is 19.1 Å². The summed E-state index contributed by atoms with van der Waals surface area (Å²) in [7, 11) is 0. The lowest BCUT2D eigenvalue weighted by Crippen LogP contribution is -2.48. The first kappa shape index (κ1) is 15.0. The molecular weight excluding hydrogens is 230 g/mol. The van der Waals surface area contributed by atoms with Crippen molar-refractivity contribution in [3.63, 3.8) is 0 Å². The normalized spacial score (nSPS) is 18.5. The second-order valence-corrected chi connectivity index (χ2v) is 5.01. The molecule has 1 aliphatic heterocycles. The summed E-state index contributed by atoms with van der Waals surface area (Å²) in [6.07, 6.45) is 3.09. The standard InChI is InChI=1S/C13H25N3O2/c1-4-10(2)15-13(18)11(3)14-9-12(17)16-7-5-6-8-16/h10-11,14H,4-9H2,1-3H3,(H,15,18). The van der Waals surface area contributed by atoms with Gasteiger partial charge in [0.05, 0.1) is 12.6 Å². The van der Waals surface area contributed by atoms with Gasteiger partial charge in [-0.3, -0.25) is 14.9 Å². The number of nitrogens with zero attached hydrogens (tertiary/aromatic N) is 1. The van der Waals surface area contributed by atoms with Crippen molar-refractivity contribution in [2.24, 2.45) is 0 Å². The van der Waals surface area contributed by atoms with Gasteiger partial charge in [0.2, 0.25) is 11.8 Å². The number of hydrogen-bond donors (Lipinski definition) is 2. The molecule has 1 aliphatic rings. The second-order valence-electron chi connectivity index (χ2n) is 5.01. The summed E-state index contributed by atoms with van der Waals surface area (Å²) >= 11 is 0. The molecule has 2 unspecified atom stereocenters. The van der Waals surface area contributed by atoms with Gasteiger partial charge in [0.15, 0.2) is 0 Å². The van der Waals surface area contributed by atoms with Crippen molar-refractivity contribution in [2.45, 2.75) is 52.1 Å². The van der Waals surface area contributed by atoms with Crippen LogP contribution in [0.4, 0.5) is 0 Å². The van der Waals surface area contributed by atoms with E-state index in [1.807, 2.05) is 18.7 Å². The first-order valence-corrected chi connectivity index (χ1v) is 6.86. The summed E-state index contributed by atoms with van der Waals surface area (Å²) in [6.45, 7) is 7.74. The minimum atomic E-state index is -0.328. The fourth-order valence-corrected chi connectivity index (χ4v) is 1.88. The zero-order chi connectivity index (χ0) is 13.5. The summed E-state index contributed by atoms with van der Waals surface area (Å²) < 4.78 is 0. The predicted octanol–water partition coefficient (Wildman–Crippen LogP) is 0.502. The van der Waals surface area contributed by atoms with Crippen LogP contribution in [-0.4, -0.2) is 48.4 Å². The lowest BCUT2D eigenvalue weighted by atomic mass is 10.2. The van der Waals surface area contributed by atoms with Gasteiger partial charge in [0.25, 0.3) is 0 Å². The third-order valence-corrected chi connectivity index (χ3v) is 3.41. The van der Waals surface area contributed by atoms with Crippen LogP contribution in [0.1, 0.15) is 40.0 Å². The molecule has 1 rings (SSSR count). The molecule has 0 aromatic rings. The van der Waals surface area contributed by atoms with Gasteiger partial charge in [-0.05, 0) is 33.1 Å². The van der Waals surface area contributed by atoms with Crippen LogP contribution in [-0.2, 0) is 9.59 Å². The van der Waals surface area contributed by atoms with Crippen LogP contribution < -0.4 is 10.6 Å². The van der Waals surface area contributed by atoms with E-state index >= 15 is 0 Å². The molecule has 5 heteroatoms. The van der Waals surface area contributed by atoms with Crippen molar-refractivity contribution < 1.29 is 9.59 Å². The van der Waals surface area contributed by atoms with Gasteiger partial charge >= 0.3 is 0 Å². The largest absolute Gasteiger partial charge is 0.352 e. The van der Waals surface area contributed by atoms with Gasteiger partial charge in [-0.1, -0.05) is 6.92 Å². The number of hydrogen-bond acceptors (Lipinski definition) is 3. The molecule has 0 saturated carbocycles. The molecule has 5 nitrogen and oxygen atoms in total. The number of carbonyl (C=O) groups excluding carboxylic acids is 2. The molecule has 2 N–H and O–H groups in total. The Morgan fingerprint density at radius 2 is 1.83 bits per heavy atom. The summed E-state index contributed by atoms with van der Waals surface area (Å²) in [5.41, 5.74) is 0. The number of likely N-dealkylation sites (tertiary alicyclic amines) is 1. The smallest absolute Gasteiger partial charge is 0.237 e. The fourth-order valence-electron chi connectivity index (χ4n) is 1.88. The maximum absolute atomic E-state index is 11.8. The zero-order valence-corrected chi connectivity index (χ0v) is 11.7. The Bertz CT molecular complexity index is 288. The topological polar surface area (TPSA) is 61.4 Å². The maximum Gasteiger partial charge on any atom is 0.237 e. The predicted molar refractivity (Wildman–Crippen MR) is 71.2 cm³/mol. The summed E-state index contributed by atoms with van der Waals surface area (Å²) in [5.74, 6) is 0.0502. The van der Waals surface area contributed by atoms with Gasteiger partial charge in [-0.25, -0.2) is 0 Å². The van der Waals surface area contributed by atoms with Crippen molar-refractivity contribution in [2.75, 3.05) is 19.6 Å². The highest BCUT2D eigenvalue weighted by molar-refractivity contribution is 5.83. The summed E-state index contributed by atoms with van der Waals surface area (Å²) in [5, 5.41) is 5.88. The van der Waals surface area contributed by atoms with E-state index in [4.69, 9.17) is 0 Å². The number of amides is 2. The monoisotopic (exact) mass is 255 g/mol. The minimum absolute atomic E-state index is 0.0430. The van der Waals surface area contributed by atoms with Crippen LogP contribution >= 0.6 is 0 Å². The van der Waals surface area contributed by atoms with E-state index in [2.05, 4.69) is 10.6 Å². The van der Waals surface area contributed by atoms with E-state index in [9.17, 15) is 9.59 Å². The van der Waals surface area contributed by atoms with Crippen molar-refractivity contribution in [1.29, 1.82) is 0 Å². The summed E-state index contributed by atoms with van der Waals surface area (Å²) in [6, 6.07) is -0.151. The van der Waals surface area contributed by atoms with E-state index in [-0.39, 0.29) is 30.4 Å². The molecule has 0 spiro atoms. The number of carbonyl (C=O) groups is 2. The highest BCUT2D eigenvalue weighted by Crippen LogP contribution is 2.06. The molecule has 2 amide bonds. The molecular formula is C13H25N3O2. The van der Waals surface area contributed by atoms with Gasteiger partial charge < -0.3 is 10.2 Å². The van der Waals surface area contributed by atoms with E-state index < -0.39 is 0 Å². The SMILES string of the molecule is CCC(C)NC(=O)C(C)NCC(=O)N1CCCC1. The Kier molecular flexibility index (Phi) is 6.12. The summed E-state index contributed by atoms with van der Waals surface area (Å²) in [4.78, 5) is 25.4. The van der Waals surface area contributed by atoms with Crippen molar-refractivity contribution in [3.05, 3.63) is 0 Å². The van der Waals surface area contributed by atoms with Gasteiger partial charge in [0.1, 0.15) is 0 Å². The molecule has 1 saturated heterocycles. The minimum Gasteiger partial charge on any atom is -0.352 e. The Balaban J connectivity index is 2.24. The Labute approximate surface area is 109 Å². The number of nitrogens with one attached hydrogen (secondary N) is 2. The lowest BCUT2D eigenvalue weighted by molar-refractivity contribution is -0.129. The molecule has 0 bridgehead atoms. The first-order chi connectivity index (χ1) is 8.54. The van der Waals surface area contributed by atoms with Gasteiger partial charge in [-0.15, -0.1) is 0 Å². The lowest BCUT2D eigenvalue weighted by Gasteiger charge is -2.19. The first-order valence-electron chi connectivity index (χ1n) is 6.86. The zero-order valence-electron chi connectivity index (χ0n) is 11.7. The Morgan fingerprint density at radius 1 is 1.22 bits per heavy atom. The Hall–Kier alpha value is -1.10. The maximum atomic E-state index is 11.8. The molecule has 0 aromatic heterocycles. The molecule has 1 heterocycles. The molecule has 104 valence electrons. The molecule has 0 radical (unpaired) electrons. The molecule has 0 aromatic carbocycles. The molecule has 0 aliphatic carbocycles. The highest BCUT2D eigenvalue weighted by atomic mass is 16.2. The van der Waals surface area contributed by atoms with Crippen molar-refractivity contribution >= 4 is 11.8 Å².